The Morgan fingerprint density at radius 3 is 2.57 bits per heavy atom. The van der Waals surface area contributed by atoms with E-state index in [9.17, 15) is 9.59 Å². The molecule has 0 radical (unpaired) electrons. The zero-order chi connectivity index (χ0) is 20.1. The quantitative estimate of drug-likeness (QED) is 0.793. The highest BCUT2D eigenvalue weighted by Gasteiger charge is 2.22. The van der Waals surface area contributed by atoms with E-state index in [4.69, 9.17) is 0 Å². The molecule has 2 amide bonds. The molecular formula is C23H29N3O2. The van der Waals surface area contributed by atoms with Crippen molar-refractivity contribution in [3.63, 3.8) is 0 Å². The predicted octanol–water partition coefficient (Wildman–Crippen LogP) is 4.13. The molecule has 3 rings (SSSR count). The second-order valence-electron chi connectivity index (χ2n) is 7.60. The molecule has 2 N–H and O–H groups in total. The standard InChI is InChI=1S/C23H29N3O2/c1-4-7-22(27)25-19-10-11-21(20(14-19)23(28)24-16(2)3)26-13-12-17-8-5-6-9-18(17)15-26/h5-6,8-11,14,16H,4,7,12-13,15H2,1-3H3,(H,24,28)(H,25,27). The Balaban J connectivity index is 1.91. The number of carbonyl (C=O) groups is 2. The molecule has 1 aliphatic rings. The van der Waals surface area contributed by atoms with Crippen molar-refractivity contribution in [2.45, 2.75) is 52.6 Å². The van der Waals surface area contributed by atoms with E-state index in [1.54, 1.807) is 6.07 Å². The Kier molecular flexibility index (Phi) is 6.34. The summed E-state index contributed by atoms with van der Waals surface area (Å²) in [4.78, 5) is 27.1. The second-order valence-corrected chi connectivity index (χ2v) is 7.60. The Hall–Kier alpha value is -2.82. The summed E-state index contributed by atoms with van der Waals surface area (Å²) >= 11 is 0. The smallest absolute Gasteiger partial charge is 0.253 e. The van der Waals surface area contributed by atoms with Crippen molar-refractivity contribution < 1.29 is 9.59 Å². The molecule has 2 aromatic carbocycles. The van der Waals surface area contributed by atoms with Gasteiger partial charge in [0.15, 0.2) is 0 Å². The maximum Gasteiger partial charge on any atom is 0.253 e. The molecule has 148 valence electrons. The highest BCUT2D eigenvalue weighted by atomic mass is 16.2. The van der Waals surface area contributed by atoms with Crippen LogP contribution in [-0.4, -0.2) is 24.4 Å². The SMILES string of the molecule is CCCC(=O)Nc1ccc(N2CCc3ccccc3C2)c(C(=O)NC(C)C)c1. The summed E-state index contributed by atoms with van der Waals surface area (Å²) in [5.74, 6) is -0.146. The first kappa shape index (κ1) is 19.9. The number of hydrogen-bond donors (Lipinski definition) is 2. The summed E-state index contributed by atoms with van der Waals surface area (Å²) in [6.07, 6.45) is 2.21. The lowest BCUT2D eigenvalue weighted by Crippen LogP contribution is -2.35. The number of carbonyl (C=O) groups excluding carboxylic acids is 2. The zero-order valence-electron chi connectivity index (χ0n) is 16.9. The van der Waals surface area contributed by atoms with Gasteiger partial charge in [0.25, 0.3) is 5.91 Å². The molecule has 5 nitrogen and oxygen atoms in total. The summed E-state index contributed by atoms with van der Waals surface area (Å²) in [6.45, 7) is 7.50. The molecule has 5 heteroatoms. The Morgan fingerprint density at radius 2 is 1.86 bits per heavy atom. The van der Waals surface area contributed by atoms with Crippen molar-refractivity contribution in [2.75, 3.05) is 16.8 Å². The van der Waals surface area contributed by atoms with Crippen LogP contribution in [0.5, 0.6) is 0 Å². The van der Waals surface area contributed by atoms with Crippen LogP contribution in [0.4, 0.5) is 11.4 Å². The van der Waals surface area contributed by atoms with Gasteiger partial charge in [-0.3, -0.25) is 9.59 Å². The zero-order valence-corrected chi connectivity index (χ0v) is 16.9. The van der Waals surface area contributed by atoms with E-state index in [0.29, 0.717) is 17.7 Å². The summed E-state index contributed by atoms with van der Waals surface area (Å²) < 4.78 is 0. The number of fused-ring (bicyclic) bond motifs is 1. The topological polar surface area (TPSA) is 61.4 Å². The van der Waals surface area contributed by atoms with Gasteiger partial charge in [0.2, 0.25) is 5.91 Å². The second kappa shape index (κ2) is 8.91. The largest absolute Gasteiger partial charge is 0.366 e. The third-order valence-corrected chi connectivity index (χ3v) is 4.89. The van der Waals surface area contributed by atoms with Gasteiger partial charge in [0.05, 0.1) is 5.56 Å². The van der Waals surface area contributed by atoms with Crippen LogP contribution < -0.4 is 15.5 Å². The molecule has 0 saturated heterocycles. The summed E-state index contributed by atoms with van der Waals surface area (Å²) in [6, 6.07) is 14.1. The minimum absolute atomic E-state index is 0.0302. The summed E-state index contributed by atoms with van der Waals surface area (Å²) in [7, 11) is 0. The molecule has 0 spiro atoms. The highest BCUT2D eigenvalue weighted by Crippen LogP contribution is 2.29. The first-order valence-corrected chi connectivity index (χ1v) is 10.0. The van der Waals surface area contributed by atoms with E-state index < -0.39 is 0 Å². The third kappa shape index (κ3) is 4.71. The average molecular weight is 380 g/mol. The first-order chi connectivity index (χ1) is 13.5. The number of benzene rings is 2. The number of nitrogens with one attached hydrogen (secondary N) is 2. The van der Waals surface area contributed by atoms with Crippen molar-refractivity contribution in [3.05, 3.63) is 59.2 Å². The maximum atomic E-state index is 12.9. The molecular weight excluding hydrogens is 350 g/mol. The van der Waals surface area contributed by atoms with Gasteiger partial charge in [-0.15, -0.1) is 0 Å². The molecule has 0 bridgehead atoms. The Labute approximate surface area is 167 Å². The number of anilines is 2. The molecule has 1 aliphatic heterocycles. The fraction of sp³-hybridized carbons (Fsp3) is 0.391. The summed E-state index contributed by atoms with van der Waals surface area (Å²) in [5, 5.41) is 5.88. The molecule has 1 heterocycles. The van der Waals surface area contributed by atoms with Gasteiger partial charge in [-0.2, -0.15) is 0 Å². The molecule has 2 aromatic rings. The normalized spacial score (nSPS) is 13.2. The van der Waals surface area contributed by atoms with Gasteiger partial charge in [-0.05, 0) is 56.0 Å². The van der Waals surface area contributed by atoms with E-state index in [1.807, 2.05) is 32.9 Å². The van der Waals surface area contributed by atoms with Gasteiger partial charge in [-0.25, -0.2) is 0 Å². The van der Waals surface area contributed by atoms with Crippen LogP contribution in [0.1, 0.15) is 55.1 Å². The average Bonchev–Trinajstić information content (AvgIpc) is 2.67. The van der Waals surface area contributed by atoms with Crippen LogP contribution >= 0.6 is 0 Å². The lowest BCUT2D eigenvalue weighted by molar-refractivity contribution is -0.116. The van der Waals surface area contributed by atoms with Gasteiger partial charge >= 0.3 is 0 Å². The van der Waals surface area contributed by atoms with Crippen molar-refractivity contribution in [3.8, 4) is 0 Å². The van der Waals surface area contributed by atoms with Crippen LogP contribution in [0.25, 0.3) is 0 Å². The minimum Gasteiger partial charge on any atom is -0.366 e. The predicted molar refractivity (Wildman–Crippen MR) is 114 cm³/mol. The van der Waals surface area contributed by atoms with Gasteiger partial charge in [0.1, 0.15) is 0 Å². The van der Waals surface area contributed by atoms with Crippen LogP contribution in [0.3, 0.4) is 0 Å². The van der Waals surface area contributed by atoms with Crippen molar-refractivity contribution in [1.82, 2.24) is 5.32 Å². The molecule has 0 fully saturated rings. The van der Waals surface area contributed by atoms with Crippen LogP contribution in [0.2, 0.25) is 0 Å². The van der Waals surface area contributed by atoms with E-state index in [0.717, 1.165) is 31.6 Å². The highest BCUT2D eigenvalue weighted by molar-refractivity contribution is 6.02. The van der Waals surface area contributed by atoms with Crippen molar-refractivity contribution in [1.29, 1.82) is 0 Å². The lowest BCUT2D eigenvalue weighted by Gasteiger charge is -2.32. The summed E-state index contributed by atoms with van der Waals surface area (Å²) in [5.41, 5.74) is 4.83. The minimum atomic E-state index is -0.115. The number of amides is 2. The van der Waals surface area contributed by atoms with E-state index in [-0.39, 0.29) is 17.9 Å². The fourth-order valence-electron chi connectivity index (χ4n) is 3.56. The van der Waals surface area contributed by atoms with E-state index >= 15 is 0 Å². The first-order valence-electron chi connectivity index (χ1n) is 10.0. The lowest BCUT2D eigenvalue weighted by atomic mass is 9.98. The van der Waals surface area contributed by atoms with Crippen LogP contribution in [0, 0.1) is 0 Å². The van der Waals surface area contributed by atoms with Gasteiger partial charge < -0.3 is 15.5 Å². The third-order valence-electron chi connectivity index (χ3n) is 4.89. The van der Waals surface area contributed by atoms with E-state index in [2.05, 4.69) is 39.8 Å². The van der Waals surface area contributed by atoms with Crippen molar-refractivity contribution in [2.24, 2.45) is 0 Å². The van der Waals surface area contributed by atoms with Gasteiger partial charge in [-0.1, -0.05) is 31.2 Å². The number of rotatable bonds is 6. The molecule has 0 atom stereocenters. The molecule has 0 saturated carbocycles. The maximum absolute atomic E-state index is 12.9. The molecule has 0 aliphatic carbocycles. The Morgan fingerprint density at radius 1 is 1.11 bits per heavy atom. The van der Waals surface area contributed by atoms with Crippen LogP contribution in [-0.2, 0) is 17.8 Å². The fourth-order valence-corrected chi connectivity index (χ4v) is 3.56. The molecule has 0 aromatic heterocycles. The van der Waals surface area contributed by atoms with Crippen molar-refractivity contribution >= 4 is 23.2 Å². The molecule has 28 heavy (non-hydrogen) atoms. The van der Waals surface area contributed by atoms with Crippen LogP contribution in [0.15, 0.2) is 42.5 Å². The number of hydrogen-bond acceptors (Lipinski definition) is 3. The van der Waals surface area contributed by atoms with E-state index in [1.165, 1.54) is 11.1 Å². The van der Waals surface area contributed by atoms with Gasteiger partial charge in [0, 0.05) is 36.9 Å². The monoisotopic (exact) mass is 379 g/mol. The molecule has 0 unspecified atom stereocenters. The Bertz CT molecular complexity index is 861. The number of nitrogens with zero attached hydrogens (tertiary/aromatic N) is 1.